The lowest BCUT2D eigenvalue weighted by Gasteiger charge is -2.34. The largest absolute Gasteiger partial charge is 0.416 e. The summed E-state index contributed by atoms with van der Waals surface area (Å²) in [5, 5.41) is 2.67. The van der Waals surface area contributed by atoms with Crippen molar-refractivity contribution in [3.63, 3.8) is 0 Å². The highest BCUT2D eigenvalue weighted by Crippen LogP contribution is 2.40. The maximum Gasteiger partial charge on any atom is 0.416 e. The number of halogens is 6. The van der Waals surface area contributed by atoms with E-state index < -0.39 is 35.0 Å². The Bertz CT molecular complexity index is 1280. The predicted molar refractivity (Wildman–Crippen MR) is 139 cm³/mol. The molecule has 0 radical (unpaired) electrons. The Hall–Kier alpha value is -3.53. The fourth-order valence-electron chi connectivity index (χ4n) is 4.77. The minimum Gasteiger partial charge on any atom is -0.369 e. The van der Waals surface area contributed by atoms with Crippen LogP contribution in [0.3, 0.4) is 0 Å². The molecule has 0 atom stereocenters. The molecule has 1 aliphatic rings. The molecule has 0 saturated carbocycles. The van der Waals surface area contributed by atoms with Gasteiger partial charge in [-0.1, -0.05) is 30.3 Å². The first-order valence-electron chi connectivity index (χ1n) is 12.5. The minimum absolute atomic E-state index is 0.134. The van der Waals surface area contributed by atoms with Gasteiger partial charge in [0.05, 0.1) is 11.1 Å². The summed E-state index contributed by atoms with van der Waals surface area (Å²) in [4.78, 5) is 17.6. The van der Waals surface area contributed by atoms with Crippen LogP contribution in [0.15, 0.2) is 60.7 Å². The molecule has 3 aromatic carbocycles. The average molecular weight is 550 g/mol. The molecule has 1 amide bonds. The summed E-state index contributed by atoms with van der Waals surface area (Å²) in [7, 11) is 2.06. The van der Waals surface area contributed by atoms with Gasteiger partial charge in [0.2, 0.25) is 0 Å². The Labute approximate surface area is 223 Å². The summed E-state index contributed by atoms with van der Waals surface area (Å²) in [6, 6.07) is 16.3. The third-order valence-corrected chi connectivity index (χ3v) is 6.98. The lowest BCUT2D eigenvalue weighted by molar-refractivity contribution is -0.144. The van der Waals surface area contributed by atoms with Crippen LogP contribution in [-0.4, -0.2) is 50.6 Å². The van der Waals surface area contributed by atoms with Crippen LogP contribution in [0.1, 0.15) is 32.6 Å². The Balaban J connectivity index is 1.56. The van der Waals surface area contributed by atoms with Crippen molar-refractivity contribution >= 4 is 11.6 Å². The molecule has 1 aliphatic heterocycles. The molecule has 10 heteroatoms. The van der Waals surface area contributed by atoms with Crippen molar-refractivity contribution in [3.8, 4) is 11.1 Å². The number of anilines is 1. The zero-order chi connectivity index (χ0) is 28.4. The molecule has 0 aromatic heterocycles. The highest BCUT2D eigenvalue weighted by molar-refractivity contribution is 6.01. The molecule has 1 N–H and O–H groups in total. The first-order valence-corrected chi connectivity index (χ1v) is 12.5. The number of hydrogen-bond acceptors (Lipinski definition) is 3. The first-order chi connectivity index (χ1) is 18.3. The topological polar surface area (TPSA) is 35.6 Å². The number of carbonyl (C=O) groups excluding carboxylic acids is 1. The quantitative estimate of drug-likeness (QED) is 0.361. The molecule has 0 bridgehead atoms. The minimum atomic E-state index is -4.93. The molecule has 0 spiro atoms. The molecule has 1 heterocycles. The molecular weight excluding hydrogens is 520 g/mol. The van der Waals surface area contributed by atoms with E-state index in [2.05, 4.69) is 22.2 Å². The molecular formula is C29H29F6N3O. The monoisotopic (exact) mass is 549 g/mol. The number of nitrogens with zero attached hydrogens (tertiary/aromatic N) is 2. The Kier molecular flexibility index (Phi) is 8.25. The van der Waals surface area contributed by atoms with Gasteiger partial charge < -0.3 is 15.1 Å². The highest BCUT2D eigenvalue weighted by atomic mass is 19.4. The van der Waals surface area contributed by atoms with E-state index in [0.29, 0.717) is 11.1 Å². The summed E-state index contributed by atoms with van der Waals surface area (Å²) in [5.74, 6) is -0.460. The SMILES string of the molecule is Cc1c(C(F)(F)F)cc(CCNC(=O)c2ccc(N3CCN(C)CC3)cc2-c2ccccc2)cc1C(F)(F)F. The van der Waals surface area contributed by atoms with Crippen LogP contribution in [0, 0.1) is 6.92 Å². The number of nitrogens with one attached hydrogen (secondary N) is 1. The van der Waals surface area contributed by atoms with Crippen LogP contribution in [-0.2, 0) is 18.8 Å². The lowest BCUT2D eigenvalue weighted by atomic mass is 9.96. The van der Waals surface area contributed by atoms with E-state index in [1.807, 2.05) is 42.5 Å². The van der Waals surface area contributed by atoms with Gasteiger partial charge in [-0.2, -0.15) is 26.3 Å². The second-order valence-corrected chi connectivity index (χ2v) is 9.70. The predicted octanol–water partition coefficient (Wildman–Crippen LogP) is 6.42. The molecule has 4 rings (SSSR count). The van der Waals surface area contributed by atoms with Gasteiger partial charge in [0.25, 0.3) is 5.91 Å². The van der Waals surface area contributed by atoms with Crippen LogP contribution in [0.2, 0.25) is 0 Å². The van der Waals surface area contributed by atoms with Gasteiger partial charge in [-0.15, -0.1) is 0 Å². The van der Waals surface area contributed by atoms with E-state index in [9.17, 15) is 31.1 Å². The van der Waals surface area contributed by atoms with E-state index in [1.54, 1.807) is 6.07 Å². The molecule has 0 unspecified atom stereocenters. The smallest absolute Gasteiger partial charge is 0.369 e. The molecule has 39 heavy (non-hydrogen) atoms. The summed E-state index contributed by atoms with van der Waals surface area (Å²) in [6.07, 6.45) is -10.1. The van der Waals surface area contributed by atoms with Gasteiger partial charge in [0, 0.05) is 44.0 Å². The number of carbonyl (C=O) groups is 1. The zero-order valence-electron chi connectivity index (χ0n) is 21.6. The van der Waals surface area contributed by atoms with Gasteiger partial charge in [-0.3, -0.25) is 4.79 Å². The average Bonchev–Trinajstić information content (AvgIpc) is 2.88. The molecule has 208 valence electrons. The number of hydrogen-bond donors (Lipinski definition) is 1. The lowest BCUT2D eigenvalue weighted by Crippen LogP contribution is -2.44. The standard InChI is InChI=1S/C29H29F6N3O/c1-19-25(28(30,31)32)16-20(17-26(19)29(33,34)35)10-11-36-27(39)23-9-8-22(38-14-12-37(2)13-15-38)18-24(23)21-6-4-3-5-7-21/h3-9,16-18H,10-15H2,1-2H3,(H,36,39). The van der Waals surface area contributed by atoms with Gasteiger partial charge in [0.1, 0.15) is 0 Å². The molecule has 1 fully saturated rings. The van der Waals surface area contributed by atoms with Crippen molar-refractivity contribution in [1.82, 2.24) is 10.2 Å². The molecule has 1 saturated heterocycles. The van der Waals surface area contributed by atoms with Crippen LogP contribution in [0.5, 0.6) is 0 Å². The number of alkyl halides is 6. The Morgan fingerprint density at radius 3 is 2.00 bits per heavy atom. The summed E-state index contributed by atoms with van der Waals surface area (Å²) >= 11 is 0. The van der Waals surface area contributed by atoms with Crippen molar-refractivity contribution in [1.29, 1.82) is 0 Å². The third-order valence-electron chi connectivity index (χ3n) is 6.98. The number of benzene rings is 3. The van der Waals surface area contributed by atoms with E-state index >= 15 is 0 Å². The van der Waals surface area contributed by atoms with Crippen molar-refractivity contribution in [3.05, 3.63) is 88.5 Å². The maximum absolute atomic E-state index is 13.4. The van der Waals surface area contributed by atoms with Gasteiger partial charge in [-0.05, 0) is 73.0 Å². The number of piperazine rings is 1. The second-order valence-electron chi connectivity index (χ2n) is 9.70. The fourth-order valence-corrected chi connectivity index (χ4v) is 4.77. The molecule has 3 aromatic rings. The van der Waals surface area contributed by atoms with Crippen LogP contribution >= 0.6 is 0 Å². The van der Waals surface area contributed by atoms with Crippen LogP contribution in [0.4, 0.5) is 32.0 Å². The number of amides is 1. The number of likely N-dealkylation sites (N-methyl/N-ethyl adjacent to an activating group) is 1. The molecule has 0 aliphatic carbocycles. The summed E-state index contributed by atoms with van der Waals surface area (Å²) < 4.78 is 80.5. The first kappa shape index (κ1) is 28.5. The second kappa shape index (κ2) is 11.3. The van der Waals surface area contributed by atoms with E-state index in [-0.39, 0.29) is 18.5 Å². The summed E-state index contributed by atoms with van der Waals surface area (Å²) in [5.41, 5.74) is -0.827. The zero-order valence-corrected chi connectivity index (χ0v) is 21.6. The van der Waals surface area contributed by atoms with Crippen molar-refractivity contribution in [2.75, 3.05) is 44.7 Å². The van der Waals surface area contributed by atoms with Crippen LogP contribution < -0.4 is 10.2 Å². The van der Waals surface area contributed by atoms with E-state index in [1.165, 1.54) is 0 Å². The van der Waals surface area contributed by atoms with Crippen molar-refractivity contribution in [2.45, 2.75) is 25.7 Å². The highest BCUT2D eigenvalue weighted by Gasteiger charge is 2.39. The summed E-state index contributed by atoms with van der Waals surface area (Å²) in [6.45, 7) is 4.18. The van der Waals surface area contributed by atoms with Crippen molar-refractivity contribution < 1.29 is 31.1 Å². The van der Waals surface area contributed by atoms with Crippen molar-refractivity contribution in [2.24, 2.45) is 0 Å². The van der Waals surface area contributed by atoms with Gasteiger partial charge in [0.15, 0.2) is 0 Å². The van der Waals surface area contributed by atoms with Crippen LogP contribution in [0.25, 0.3) is 11.1 Å². The Morgan fingerprint density at radius 1 is 0.846 bits per heavy atom. The number of rotatable bonds is 6. The van der Waals surface area contributed by atoms with Gasteiger partial charge in [-0.25, -0.2) is 0 Å². The van der Waals surface area contributed by atoms with Gasteiger partial charge >= 0.3 is 12.4 Å². The maximum atomic E-state index is 13.4. The van der Waals surface area contributed by atoms with E-state index in [0.717, 1.165) is 56.5 Å². The fraction of sp³-hybridized carbons (Fsp3) is 0.345. The normalized spacial score (nSPS) is 14.9. The third kappa shape index (κ3) is 6.73. The molecule has 4 nitrogen and oxygen atoms in total. The van der Waals surface area contributed by atoms with E-state index in [4.69, 9.17) is 0 Å². The Morgan fingerprint density at radius 2 is 1.44 bits per heavy atom.